The van der Waals surface area contributed by atoms with Crippen molar-refractivity contribution in [3.8, 4) is 0 Å². The molecule has 1 aliphatic heterocycles. The molecule has 1 fully saturated rings. The number of carbonyl (C=O) groups is 3. The van der Waals surface area contributed by atoms with Crippen LogP contribution >= 0.6 is 0 Å². The Bertz CT molecular complexity index is 617. The van der Waals surface area contributed by atoms with Crippen LogP contribution in [0.1, 0.15) is 52.9 Å². The lowest BCUT2D eigenvalue weighted by Crippen LogP contribution is -2.56. The van der Waals surface area contributed by atoms with Crippen molar-refractivity contribution in [2.75, 3.05) is 11.6 Å². The van der Waals surface area contributed by atoms with Gasteiger partial charge < -0.3 is 4.74 Å². The number of Topliss-reactive ketones (excluding diaryl/α,β-unsaturated/α-hetero) is 1. The Labute approximate surface area is 154 Å². The van der Waals surface area contributed by atoms with Gasteiger partial charge in [-0.2, -0.15) is 5.01 Å². The van der Waals surface area contributed by atoms with Crippen molar-refractivity contribution in [1.29, 1.82) is 0 Å². The summed E-state index contributed by atoms with van der Waals surface area (Å²) in [5.41, 5.74) is 0. The Morgan fingerprint density at radius 1 is 1.27 bits per heavy atom. The van der Waals surface area contributed by atoms with Crippen molar-refractivity contribution in [2.45, 2.75) is 65.0 Å². The van der Waals surface area contributed by atoms with Gasteiger partial charge in [0.05, 0.1) is 6.61 Å². The van der Waals surface area contributed by atoms with Gasteiger partial charge in [0, 0.05) is 25.1 Å². The standard InChI is InChI=1S/C19H27N3O4/c1-4-9-14-13-17(24)22(16-11-7-8-12-20-16)21(14)18(15(23)10-5-2)19(25)26-6-3/h7-8,11-12,14,18H,4-6,9-10,13H2,1-3H3. The molecule has 1 aliphatic rings. The van der Waals surface area contributed by atoms with Crippen LogP contribution in [0.15, 0.2) is 24.4 Å². The molecule has 0 N–H and O–H groups in total. The molecule has 26 heavy (non-hydrogen) atoms. The molecule has 142 valence electrons. The first kappa shape index (κ1) is 20.0. The van der Waals surface area contributed by atoms with E-state index in [2.05, 4.69) is 4.98 Å². The van der Waals surface area contributed by atoms with Crippen LogP contribution in [-0.4, -0.2) is 46.3 Å². The molecule has 0 spiro atoms. The maximum atomic E-state index is 12.8. The lowest BCUT2D eigenvalue weighted by atomic mass is 10.0. The number of carbonyl (C=O) groups excluding carboxylic acids is 3. The maximum absolute atomic E-state index is 12.8. The summed E-state index contributed by atoms with van der Waals surface area (Å²) in [5.74, 6) is -0.596. The smallest absolute Gasteiger partial charge is 0.332 e. The molecule has 2 atom stereocenters. The Balaban J connectivity index is 2.47. The summed E-state index contributed by atoms with van der Waals surface area (Å²) < 4.78 is 5.17. The van der Waals surface area contributed by atoms with Gasteiger partial charge in [0.2, 0.25) is 5.91 Å². The Kier molecular flexibility index (Phi) is 7.26. The number of aromatic nitrogens is 1. The molecule has 2 rings (SSSR count). The Hall–Kier alpha value is -2.28. The molecule has 2 unspecified atom stereocenters. The molecule has 1 aromatic heterocycles. The average molecular weight is 361 g/mol. The summed E-state index contributed by atoms with van der Waals surface area (Å²) in [5, 5.41) is 2.99. The third-order valence-corrected chi connectivity index (χ3v) is 4.32. The summed E-state index contributed by atoms with van der Waals surface area (Å²) in [7, 11) is 0. The third-order valence-electron chi connectivity index (χ3n) is 4.32. The molecule has 0 saturated carbocycles. The highest BCUT2D eigenvalue weighted by Gasteiger charge is 2.48. The van der Waals surface area contributed by atoms with E-state index in [-0.39, 0.29) is 37.2 Å². The Morgan fingerprint density at radius 2 is 2.04 bits per heavy atom. The molecule has 2 heterocycles. The number of nitrogens with zero attached hydrogens (tertiary/aromatic N) is 3. The average Bonchev–Trinajstić information content (AvgIpc) is 2.92. The van der Waals surface area contributed by atoms with E-state index in [0.29, 0.717) is 18.7 Å². The van der Waals surface area contributed by atoms with Crippen molar-refractivity contribution >= 4 is 23.5 Å². The van der Waals surface area contributed by atoms with Crippen LogP contribution in [0.4, 0.5) is 5.82 Å². The Morgan fingerprint density at radius 3 is 2.62 bits per heavy atom. The summed E-state index contributed by atoms with van der Waals surface area (Å²) in [6.45, 7) is 5.78. The first-order chi connectivity index (χ1) is 12.5. The second-order valence-corrected chi connectivity index (χ2v) is 6.29. The van der Waals surface area contributed by atoms with Crippen molar-refractivity contribution < 1.29 is 19.1 Å². The highest BCUT2D eigenvalue weighted by molar-refractivity contribution is 6.05. The monoisotopic (exact) mass is 361 g/mol. The zero-order valence-corrected chi connectivity index (χ0v) is 15.7. The van der Waals surface area contributed by atoms with Crippen LogP contribution in [0.25, 0.3) is 0 Å². The van der Waals surface area contributed by atoms with E-state index in [4.69, 9.17) is 4.74 Å². The molecule has 7 heteroatoms. The molecular formula is C19H27N3O4. The molecule has 1 saturated heterocycles. The van der Waals surface area contributed by atoms with E-state index < -0.39 is 12.0 Å². The second kappa shape index (κ2) is 9.43. The van der Waals surface area contributed by atoms with E-state index in [9.17, 15) is 14.4 Å². The first-order valence-electron chi connectivity index (χ1n) is 9.26. The summed E-state index contributed by atoms with van der Waals surface area (Å²) in [6, 6.07) is 3.87. The number of ether oxygens (including phenoxy) is 1. The molecule has 0 aliphatic carbocycles. The minimum Gasteiger partial charge on any atom is -0.464 e. The van der Waals surface area contributed by atoms with Gasteiger partial charge in [-0.1, -0.05) is 26.3 Å². The van der Waals surface area contributed by atoms with Crippen molar-refractivity contribution in [3.63, 3.8) is 0 Å². The number of amides is 1. The quantitative estimate of drug-likeness (QED) is 0.497. The van der Waals surface area contributed by atoms with Crippen LogP contribution in [0, 0.1) is 0 Å². The highest BCUT2D eigenvalue weighted by atomic mass is 16.5. The predicted molar refractivity (Wildman–Crippen MR) is 97.2 cm³/mol. The lowest BCUT2D eigenvalue weighted by molar-refractivity contribution is -0.154. The van der Waals surface area contributed by atoms with Gasteiger partial charge in [-0.15, -0.1) is 0 Å². The van der Waals surface area contributed by atoms with Crippen LogP contribution in [-0.2, 0) is 19.1 Å². The zero-order valence-electron chi connectivity index (χ0n) is 15.7. The highest BCUT2D eigenvalue weighted by Crippen LogP contribution is 2.31. The van der Waals surface area contributed by atoms with E-state index in [1.165, 1.54) is 5.01 Å². The number of hydrogen-bond acceptors (Lipinski definition) is 6. The number of hydrazine groups is 1. The molecule has 7 nitrogen and oxygen atoms in total. The topological polar surface area (TPSA) is 79.8 Å². The van der Waals surface area contributed by atoms with Crippen molar-refractivity contribution in [3.05, 3.63) is 24.4 Å². The second-order valence-electron chi connectivity index (χ2n) is 6.29. The fourth-order valence-electron chi connectivity index (χ4n) is 3.28. The van der Waals surface area contributed by atoms with E-state index in [0.717, 1.165) is 6.42 Å². The number of hydrogen-bond donors (Lipinski definition) is 0. The number of ketones is 1. The van der Waals surface area contributed by atoms with Gasteiger partial charge in [-0.25, -0.2) is 14.8 Å². The minimum atomic E-state index is -1.13. The van der Waals surface area contributed by atoms with Crippen LogP contribution in [0.3, 0.4) is 0 Å². The number of esters is 1. The van der Waals surface area contributed by atoms with Gasteiger partial charge in [-0.05, 0) is 31.9 Å². The molecular weight excluding hydrogens is 334 g/mol. The van der Waals surface area contributed by atoms with Gasteiger partial charge in [0.15, 0.2) is 11.8 Å². The van der Waals surface area contributed by atoms with Gasteiger partial charge in [-0.3, -0.25) is 9.59 Å². The van der Waals surface area contributed by atoms with Gasteiger partial charge in [0.25, 0.3) is 0 Å². The van der Waals surface area contributed by atoms with Crippen LogP contribution < -0.4 is 5.01 Å². The fraction of sp³-hybridized carbons (Fsp3) is 0.579. The SMILES string of the molecule is CCCC(=O)C(C(=O)OCC)N1C(CCC)CC(=O)N1c1ccccn1. The number of anilines is 1. The summed E-state index contributed by atoms with van der Waals surface area (Å²) >= 11 is 0. The third kappa shape index (κ3) is 4.27. The summed E-state index contributed by atoms with van der Waals surface area (Å²) in [6.07, 6.45) is 4.24. The van der Waals surface area contributed by atoms with Crippen molar-refractivity contribution in [2.24, 2.45) is 0 Å². The number of rotatable bonds is 9. The van der Waals surface area contributed by atoms with E-state index in [1.807, 2.05) is 13.8 Å². The molecule has 1 amide bonds. The normalized spacial score (nSPS) is 18.8. The predicted octanol–water partition coefficient (Wildman–Crippen LogP) is 2.50. The largest absolute Gasteiger partial charge is 0.464 e. The van der Waals surface area contributed by atoms with E-state index >= 15 is 0 Å². The number of pyridine rings is 1. The lowest BCUT2D eigenvalue weighted by Gasteiger charge is -2.35. The molecule has 0 aromatic carbocycles. The zero-order chi connectivity index (χ0) is 19.1. The summed E-state index contributed by atoms with van der Waals surface area (Å²) in [4.78, 5) is 42.4. The first-order valence-corrected chi connectivity index (χ1v) is 9.26. The molecule has 1 aromatic rings. The van der Waals surface area contributed by atoms with E-state index in [1.54, 1.807) is 36.3 Å². The van der Waals surface area contributed by atoms with Crippen LogP contribution in [0.2, 0.25) is 0 Å². The maximum Gasteiger partial charge on any atom is 0.332 e. The fourth-order valence-corrected chi connectivity index (χ4v) is 3.28. The molecule has 0 bridgehead atoms. The van der Waals surface area contributed by atoms with Gasteiger partial charge >= 0.3 is 5.97 Å². The van der Waals surface area contributed by atoms with Gasteiger partial charge in [0.1, 0.15) is 5.82 Å². The van der Waals surface area contributed by atoms with Crippen molar-refractivity contribution in [1.82, 2.24) is 9.99 Å². The molecule has 0 radical (unpaired) electrons. The van der Waals surface area contributed by atoms with Crippen LogP contribution in [0.5, 0.6) is 0 Å². The minimum absolute atomic E-state index is 0.166.